The van der Waals surface area contributed by atoms with Gasteiger partial charge in [0, 0.05) is 43.2 Å². The fourth-order valence-corrected chi connectivity index (χ4v) is 6.68. The van der Waals surface area contributed by atoms with Gasteiger partial charge >= 0.3 is 6.18 Å². The van der Waals surface area contributed by atoms with Gasteiger partial charge in [-0.15, -0.1) is 0 Å². The van der Waals surface area contributed by atoms with Crippen LogP contribution in [0, 0.1) is 5.92 Å². The number of aromatic nitrogens is 1. The van der Waals surface area contributed by atoms with E-state index in [9.17, 15) is 26.4 Å². The van der Waals surface area contributed by atoms with Crippen LogP contribution >= 0.6 is 11.6 Å². The zero-order chi connectivity index (χ0) is 27.9. The minimum atomic E-state index is -4.37. The molecule has 2 fully saturated rings. The molecular weight excluding hydrogens is 551 g/mol. The van der Waals surface area contributed by atoms with Crippen molar-refractivity contribution in [3.8, 4) is 0 Å². The Balaban J connectivity index is 1.30. The zero-order valence-electron chi connectivity index (χ0n) is 21.6. The number of carbonyl (C=O) groups is 1. The van der Waals surface area contributed by atoms with Crippen molar-refractivity contribution < 1.29 is 26.4 Å². The first-order valence-electron chi connectivity index (χ1n) is 13.2. The molecule has 3 aromatic rings. The van der Waals surface area contributed by atoms with Gasteiger partial charge in [0.1, 0.15) is 0 Å². The summed E-state index contributed by atoms with van der Waals surface area (Å²) in [7, 11) is -3.20. The summed E-state index contributed by atoms with van der Waals surface area (Å²) in [6, 6.07) is 11.1. The van der Waals surface area contributed by atoms with Gasteiger partial charge in [0.05, 0.1) is 27.4 Å². The fraction of sp³-hybridized carbons (Fsp3) is 0.464. The van der Waals surface area contributed by atoms with Crippen molar-refractivity contribution in [3.63, 3.8) is 0 Å². The van der Waals surface area contributed by atoms with Gasteiger partial charge < -0.3 is 9.88 Å². The van der Waals surface area contributed by atoms with Crippen LogP contribution in [0.4, 0.5) is 13.2 Å². The van der Waals surface area contributed by atoms with Gasteiger partial charge in [0.2, 0.25) is 10.0 Å². The first kappa shape index (κ1) is 28.0. The molecule has 1 aliphatic carbocycles. The summed E-state index contributed by atoms with van der Waals surface area (Å²) in [5, 5.41) is 4.16. The summed E-state index contributed by atoms with van der Waals surface area (Å²) in [4.78, 5) is 13.1. The van der Waals surface area contributed by atoms with Crippen LogP contribution in [0.1, 0.15) is 65.8 Å². The van der Waals surface area contributed by atoms with Crippen molar-refractivity contribution in [3.05, 3.63) is 69.9 Å². The van der Waals surface area contributed by atoms with E-state index in [0.717, 1.165) is 47.1 Å². The van der Waals surface area contributed by atoms with Gasteiger partial charge in [-0.05, 0) is 74.4 Å². The maximum atomic E-state index is 13.1. The maximum Gasteiger partial charge on any atom is 0.416 e. The minimum absolute atomic E-state index is 0.0872. The molecule has 1 N–H and O–H groups in total. The van der Waals surface area contributed by atoms with E-state index in [1.54, 1.807) is 19.1 Å². The molecule has 1 aromatic heterocycles. The molecule has 210 valence electrons. The molecule has 1 saturated heterocycles. The summed E-state index contributed by atoms with van der Waals surface area (Å²) < 4.78 is 66.8. The van der Waals surface area contributed by atoms with Gasteiger partial charge in [0.15, 0.2) is 0 Å². The second-order valence-corrected chi connectivity index (χ2v) is 13.1. The Labute approximate surface area is 231 Å². The fourth-order valence-electron chi connectivity index (χ4n) is 5.31. The van der Waals surface area contributed by atoms with Gasteiger partial charge in [-0.2, -0.15) is 13.2 Å². The third kappa shape index (κ3) is 6.12. The van der Waals surface area contributed by atoms with E-state index in [4.69, 9.17) is 11.6 Å². The lowest BCUT2D eigenvalue weighted by Gasteiger charge is -2.31. The SMILES string of the molecule is CCS(=O)(=O)N1CCC(CNC(=O)c2cc3cc(Cc4ccc(C(F)(F)F)cc4)n(C4CC4)c3cc2Cl)CC1. The number of halogens is 4. The lowest BCUT2D eigenvalue weighted by Crippen LogP contribution is -2.42. The molecule has 39 heavy (non-hydrogen) atoms. The number of amides is 1. The average Bonchev–Trinajstić information content (AvgIpc) is 3.68. The summed E-state index contributed by atoms with van der Waals surface area (Å²) in [5.41, 5.74) is 2.34. The number of hydrogen-bond donors (Lipinski definition) is 1. The second-order valence-electron chi connectivity index (χ2n) is 10.5. The van der Waals surface area contributed by atoms with Gasteiger partial charge in [-0.3, -0.25) is 4.79 Å². The largest absolute Gasteiger partial charge is 0.416 e. The Morgan fingerprint density at radius 2 is 1.72 bits per heavy atom. The van der Waals surface area contributed by atoms with Gasteiger partial charge in [0.25, 0.3) is 5.91 Å². The lowest BCUT2D eigenvalue weighted by molar-refractivity contribution is -0.137. The van der Waals surface area contributed by atoms with Gasteiger partial charge in [-0.1, -0.05) is 23.7 Å². The molecule has 0 spiro atoms. The lowest BCUT2D eigenvalue weighted by atomic mass is 9.98. The van der Waals surface area contributed by atoms with Crippen molar-refractivity contribution in [2.75, 3.05) is 25.4 Å². The zero-order valence-corrected chi connectivity index (χ0v) is 23.2. The first-order valence-corrected chi connectivity index (χ1v) is 15.2. The molecule has 2 aromatic carbocycles. The molecule has 0 atom stereocenters. The van der Waals surface area contributed by atoms with Crippen molar-refractivity contribution in [1.82, 2.24) is 14.2 Å². The highest BCUT2D eigenvalue weighted by Crippen LogP contribution is 2.41. The van der Waals surface area contributed by atoms with E-state index in [0.29, 0.717) is 55.5 Å². The normalized spacial score (nSPS) is 17.6. The highest BCUT2D eigenvalue weighted by molar-refractivity contribution is 7.89. The molecule has 0 bridgehead atoms. The Morgan fingerprint density at radius 1 is 1.05 bits per heavy atom. The minimum Gasteiger partial charge on any atom is -0.352 e. The second kappa shape index (κ2) is 10.8. The Morgan fingerprint density at radius 3 is 2.31 bits per heavy atom. The standard InChI is InChI=1S/C28H31ClF3N3O3S/c1-2-39(37,38)34-11-9-19(10-12-34)17-33-27(36)24-15-20-14-23(35(22-7-8-22)26(20)16-25(24)29)13-18-3-5-21(6-4-18)28(30,31)32/h3-6,14-16,19,22H,2,7-13,17H2,1H3,(H,33,36). The van der Waals surface area contributed by atoms with Crippen LogP contribution in [-0.4, -0.2) is 48.6 Å². The summed E-state index contributed by atoms with van der Waals surface area (Å²) >= 11 is 6.58. The van der Waals surface area contributed by atoms with Crippen molar-refractivity contribution in [1.29, 1.82) is 0 Å². The average molecular weight is 582 g/mol. The number of alkyl halides is 3. The molecule has 1 saturated carbocycles. The van der Waals surface area contributed by atoms with Crippen LogP contribution in [-0.2, 0) is 22.6 Å². The third-order valence-electron chi connectivity index (χ3n) is 7.71. The number of sulfonamides is 1. The highest BCUT2D eigenvalue weighted by atomic mass is 35.5. The summed E-state index contributed by atoms with van der Waals surface area (Å²) in [6.45, 7) is 2.99. The molecule has 0 radical (unpaired) electrons. The molecule has 11 heteroatoms. The van der Waals surface area contributed by atoms with Crippen LogP contribution in [0.25, 0.3) is 10.9 Å². The van der Waals surface area contributed by atoms with Crippen LogP contribution < -0.4 is 5.32 Å². The van der Waals surface area contributed by atoms with E-state index < -0.39 is 21.8 Å². The predicted molar refractivity (Wildman–Crippen MR) is 146 cm³/mol. The molecule has 2 heterocycles. The van der Waals surface area contributed by atoms with Crippen LogP contribution in [0.5, 0.6) is 0 Å². The molecule has 2 aliphatic rings. The van der Waals surface area contributed by atoms with Crippen molar-refractivity contribution in [2.24, 2.45) is 5.92 Å². The number of fused-ring (bicyclic) bond motifs is 1. The number of piperidine rings is 1. The number of benzene rings is 2. The molecule has 6 nitrogen and oxygen atoms in total. The van der Waals surface area contributed by atoms with Crippen LogP contribution in [0.15, 0.2) is 42.5 Å². The topological polar surface area (TPSA) is 71.4 Å². The monoisotopic (exact) mass is 581 g/mol. The van der Waals surface area contributed by atoms with Crippen molar-refractivity contribution >= 4 is 38.4 Å². The first-order chi connectivity index (χ1) is 18.5. The summed E-state index contributed by atoms with van der Waals surface area (Å²) in [5.74, 6) is -0.01000. The highest BCUT2D eigenvalue weighted by Gasteiger charge is 2.31. The van der Waals surface area contributed by atoms with Crippen molar-refractivity contribution in [2.45, 2.75) is 51.2 Å². The van der Waals surface area contributed by atoms with Crippen LogP contribution in [0.3, 0.4) is 0 Å². The van der Waals surface area contributed by atoms with E-state index in [1.807, 2.05) is 6.07 Å². The Hall–Kier alpha value is -2.56. The molecule has 1 aliphatic heterocycles. The number of nitrogens with zero attached hydrogens (tertiary/aromatic N) is 2. The van der Waals surface area contributed by atoms with E-state index in [1.165, 1.54) is 16.4 Å². The molecule has 5 rings (SSSR count). The molecular formula is C28H31ClF3N3O3S. The van der Waals surface area contributed by atoms with Gasteiger partial charge in [-0.25, -0.2) is 12.7 Å². The number of rotatable bonds is 8. The predicted octanol–water partition coefficient (Wildman–Crippen LogP) is 6.03. The van der Waals surface area contributed by atoms with E-state index >= 15 is 0 Å². The number of nitrogens with one attached hydrogen (secondary N) is 1. The number of hydrogen-bond acceptors (Lipinski definition) is 3. The van der Waals surface area contributed by atoms with E-state index in [2.05, 4.69) is 9.88 Å². The van der Waals surface area contributed by atoms with E-state index in [-0.39, 0.29) is 17.6 Å². The molecule has 1 amide bonds. The number of carbonyl (C=O) groups excluding carboxylic acids is 1. The Bertz CT molecular complexity index is 1470. The maximum absolute atomic E-state index is 13.1. The third-order valence-corrected chi connectivity index (χ3v) is 9.91. The van der Waals surface area contributed by atoms with Crippen LogP contribution in [0.2, 0.25) is 5.02 Å². The summed E-state index contributed by atoms with van der Waals surface area (Å²) in [6.07, 6.45) is -0.505. The Kier molecular flexibility index (Phi) is 7.74. The quantitative estimate of drug-likeness (QED) is 0.353. The smallest absolute Gasteiger partial charge is 0.352 e. The molecule has 0 unspecified atom stereocenters.